The molecule has 13 aromatic rings. The van der Waals surface area contributed by atoms with Gasteiger partial charge in [-0.05, 0) is 99.1 Å². The summed E-state index contributed by atoms with van der Waals surface area (Å²) < 4.78 is 52.6. The van der Waals surface area contributed by atoms with Crippen LogP contribution in [-0.4, -0.2) is 13.4 Å². The van der Waals surface area contributed by atoms with Gasteiger partial charge in [-0.25, -0.2) is 8.42 Å². The van der Waals surface area contributed by atoms with Crippen LogP contribution in [0.3, 0.4) is 0 Å². The lowest BCUT2D eigenvalue weighted by molar-refractivity contribution is 0.419. The Labute approximate surface area is 457 Å². The third-order valence-electron chi connectivity index (χ3n) is 16.4. The standard InChI is InChI=1S/C71H42N3O5S/c75-80(76)67-32-14-13-31-65(67)77-66-39-58-56(40-68(66)80)53-35-42(46-23-15-25-51-49-21-7-11-29-63(49)78-70(46)51)33-34-48(53)54-37-61-62(74(45-19-5-2-6-20-45)60-28-10-9-27-59(60)73(61)44-17-3-1-4-18-44)38-55(54)57-36-43(41-72-69(57)58)47-24-16-26-52-50-22-8-12-30-64(50)79-71(47)52/h1-39,41H,40H2/q+1. The van der Waals surface area contributed by atoms with Crippen molar-refractivity contribution < 1.29 is 22.0 Å². The molecule has 0 saturated heterocycles. The molecule has 0 atom stereocenters. The fraction of sp³-hybridized carbons (Fsp3) is 0.0141. The molecule has 10 aromatic carbocycles. The number of hydrogen-bond donors (Lipinski definition) is 0. The minimum absolute atomic E-state index is 0.0515. The fourth-order valence-electron chi connectivity index (χ4n) is 12.8. The second kappa shape index (κ2) is 16.8. The van der Waals surface area contributed by atoms with Gasteiger partial charge in [0.15, 0.2) is 0 Å². The number of para-hydroxylation sites is 9. The Bertz CT molecular complexity index is 5330. The Morgan fingerprint density at radius 3 is 1.91 bits per heavy atom. The summed E-state index contributed by atoms with van der Waals surface area (Å²) in [6, 6.07) is 78.9. The van der Waals surface area contributed by atoms with E-state index in [0.717, 1.165) is 138 Å². The predicted molar refractivity (Wildman–Crippen MR) is 317 cm³/mol. The first-order valence-electron chi connectivity index (χ1n) is 26.7. The van der Waals surface area contributed by atoms with Crippen LogP contribution in [0.5, 0.6) is 5.75 Å². The van der Waals surface area contributed by atoms with E-state index in [2.05, 4.69) is 173 Å². The maximum absolute atomic E-state index is 15.1. The molecule has 0 spiro atoms. The van der Waals surface area contributed by atoms with Gasteiger partial charge in [-0.3, -0.25) is 9.88 Å². The number of furan rings is 2. The first-order chi connectivity index (χ1) is 39.4. The van der Waals surface area contributed by atoms with Gasteiger partial charge < -0.3 is 13.6 Å². The van der Waals surface area contributed by atoms with Crippen molar-refractivity contribution in [2.75, 3.05) is 4.90 Å². The molecule has 0 unspecified atom stereocenters. The molecule has 4 aliphatic rings. The topological polar surface area (TPSA) is 88.8 Å². The van der Waals surface area contributed by atoms with Crippen LogP contribution >= 0.6 is 0 Å². The van der Waals surface area contributed by atoms with E-state index in [-0.39, 0.29) is 22.0 Å². The van der Waals surface area contributed by atoms with Gasteiger partial charge in [0.2, 0.25) is 26.6 Å². The first-order valence-corrected chi connectivity index (χ1v) is 28.2. The lowest BCUT2D eigenvalue weighted by atomic mass is 9.83. The number of anilines is 3. The lowest BCUT2D eigenvalue weighted by Crippen LogP contribution is -2.33. The van der Waals surface area contributed by atoms with E-state index < -0.39 is 9.84 Å². The molecule has 9 heteroatoms. The van der Waals surface area contributed by atoms with Crippen LogP contribution in [0.15, 0.2) is 267 Å². The number of benzene rings is 10. The normalized spacial score (nSPS) is 14.7. The molecule has 376 valence electrons. The third-order valence-corrected chi connectivity index (χ3v) is 18.3. The summed E-state index contributed by atoms with van der Waals surface area (Å²) in [7, 11) is -4.02. The number of rotatable bonds is 4. The van der Waals surface area contributed by atoms with Crippen LogP contribution < -0.4 is 24.8 Å². The summed E-state index contributed by atoms with van der Waals surface area (Å²) >= 11 is 0. The van der Waals surface area contributed by atoms with Gasteiger partial charge in [-0.15, -0.1) is 4.58 Å². The number of nitrogens with zero attached hydrogens (tertiary/aromatic N) is 3. The molecule has 2 aliphatic carbocycles. The van der Waals surface area contributed by atoms with E-state index in [1.807, 2.05) is 54.7 Å². The van der Waals surface area contributed by atoms with Gasteiger partial charge in [0.1, 0.15) is 50.1 Å². The Kier molecular flexibility index (Phi) is 9.41. The molecule has 0 bridgehead atoms. The number of ether oxygens (including phenoxy) is 1. The molecule has 0 fully saturated rings. The second-order valence-electron chi connectivity index (χ2n) is 20.7. The van der Waals surface area contributed by atoms with E-state index in [0.29, 0.717) is 11.4 Å². The largest absolute Gasteiger partial charge is 0.455 e. The highest BCUT2D eigenvalue weighted by molar-refractivity contribution is 7.95. The Hall–Kier alpha value is -10.4. The van der Waals surface area contributed by atoms with Gasteiger partial charge in [0.05, 0.1) is 10.6 Å². The number of hydrogen-bond acceptors (Lipinski definition) is 7. The third kappa shape index (κ3) is 6.46. The molecule has 80 heavy (non-hydrogen) atoms. The molecule has 8 nitrogen and oxygen atoms in total. The molecule has 0 saturated carbocycles. The number of allylic oxidation sites excluding steroid dienone is 3. The predicted octanol–water partition coefficient (Wildman–Crippen LogP) is 16.1. The molecular weight excluding hydrogens is 1010 g/mol. The van der Waals surface area contributed by atoms with Gasteiger partial charge in [-0.1, -0.05) is 146 Å². The molecule has 2 aliphatic heterocycles. The molecule has 3 aromatic heterocycles. The molecule has 5 heterocycles. The van der Waals surface area contributed by atoms with Crippen LogP contribution in [0, 0.1) is 10.4 Å². The number of fused-ring (bicyclic) bond motifs is 15. The SMILES string of the molecule is O=S1(=O)C2=C(C=C3C(=c4cc(-c5cccc6c5oc5ccccc56)ccc4=c4cc5c(cc4-c4cc(-c6cccc7c6oc6ccccc67)cnc43)=[N+](c3ccccc3)c3ccccc3N5c3ccccc3)C2)Oc2ccccc21. The quantitative estimate of drug-likeness (QED) is 0.162. The Morgan fingerprint density at radius 1 is 0.500 bits per heavy atom. The van der Waals surface area contributed by atoms with Crippen LogP contribution in [0.2, 0.25) is 0 Å². The van der Waals surface area contributed by atoms with E-state index >= 15 is 8.42 Å². The van der Waals surface area contributed by atoms with Crippen LogP contribution in [0.4, 0.5) is 28.4 Å². The molecule has 0 radical (unpaired) electrons. The van der Waals surface area contributed by atoms with E-state index in [1.54, 1.807) is 24.3 Å². The maximum Gasteiger partial charge on any atom is 0.236 e. The highest BCUT2D eigenvalue weighted by Crippen LogP contribution is 2.50. The average molecular weight is 1050 g/mol. The number of sulfone groups is 1. The van der Waals surface area contributed by atoms with Crippen molar-refractivity contribution >= 4 is 93.3 Å². The van der Waals surface area contributed by atoms with Crippen LogP contribution in [0.25, 0.3) is 88.4 Å². The smallest absolute Gasteiger partial charge is 0.236 e. The zero-order chi connectivity index (χ0) is 52.8. The number of aromatic nitrogens is 1. The minimum atomic E-state index is -4.02. The van der Waals surface area contributed by atoms with Crippen molar-refractivity contribution in [2.24, 2.45) is 0 Å². The summed E-state index contributed by atoms with van der Waals surface area (Å²) in [6.07, 6.45) is 3.90. The molecule has 17 rings (SSSR count). The van der Waals surface area contributed by atoms with E-state index in [9.17, 15) is 0 Å². The van der Waals surface area contributed by atoms with Crippen molar-refractivity contribution in [3.63, 3.8) is 0 Å². The van der Waals surface area contributed by atoms with Crippen molar-refractivity contribution in [3.8, 4) is 39.1 Å². The van der Waals surface area contributed by atoms with Crippen molar-refractivity contribution in [2.45, 2.75) is 11.3 Å². The highest BCUT2D eigenvalue weighted by atomic mass is 32.2. The first kappa shape index (κ1) is 44.7. The minimum Gasteiger partial charge on any atom is -0.455 e. The van der Waals surface area contributed by atoms with E-state index in [1.165, 1.54) is 0 Å². The fourth-order valence-corrected chi connectivity index (χ4v) is 14.4. The van der Waals surface area contributed by atoms with Crippen molar-refractivity contribution in [1.82, 2.24) is 9.56 Å². The lowest BCUT2D eigenvalue weighted by Gasteiger charge is -2.30. The zero-order valence-electron chi connectivity index (χ0n) is 42.6. The van der Waals surface area contributed by atoms with Gasteiger partial charge >= 0.3 is 0 Å². The summed E-state index contributed by atoms with van der Waals surface area (Å²) in [5.41, 5.74) is 15.9. The molecular formula is C71H42N3O5S+. The van der Waals surface area contributed by atoms with Gasteiger partial charge in [0, 0.05) is 91.9 Å². The summed E-state index contributed by atoms with van der Waals surface area (Å²) in [4.78, 5) is 8.28. The van der Waals surface area contributed by atoms with Crippen LogP contribution in [-0.2, 0) is 9.84 Å². The van der Waals surface area contributed by atoms with Crippen molar-refractivity contribution in [3.05, 3.63) is 280 Å². The molecule has 0 amide bonds. The van der Waals surface area contributed by atoms with Gasteiger partial charge in [-0.2, -0.15) is 0 Å². The van der Waals surface area contributed by atoms with Gasteiger partial charge in [0.25, 0.3) is 0 Å². The van der Waals surface area contributed by atoms with Crippen LogP contribution in [0.1, 0.15) is 12.1 Å². The summed E-state index contributed by atoms with van der Waals surface area (Å²) in [5, 5.41) is 7.82. The highest BCUT2D eigenvalue weighted by Gasteiger charge is 2.39. The Balaban J connectivity index is 1.06. The molecule has 0 N–H and O–H groups in total. The monoisotopic (exact) mass is 1050 g/mol. The Morgan fingerprint density at radius 2 is 1.15 bits per heavy atom. The average Bonchev–Trinajstić information content (AvgIpc) is 4.23. The zero-order valence-corrected chi connectivity index (χ0v) is 43.4. The maximum atomic E-state index is 15.1. The second-order valence-corrected chi connectivity index (χ2v) is 22.7. The summed E-state index contributed by atoms with van der Waals surface area (Å²) in [5.74, 6) is 0.579. The van der Waals surface area contributed by atoms with Crippen molar-refractivity contribution in [1.29, 1.82) is 0 Å². The summed E-state index contributed by atoms with van der Waals surface area (Å²) in [6.45, 7) is 0. The number of pyridine rings is 1. The van der Waals surface area contributed by atoms with E-state index in [4.69, 9.17) is 18.6 Å².